The van der Waals surface area contributed by atoms with Crippen LogP contribution in [-0.4, -0.2) is 51.4 Å². The highest BCUT2D eigenvalue weighted by Gasteiger charge is 2.45. The van der Waals surface area contributed by atoms with Crippen molar-refractivity contribution >= 4 is 11.9 Å². The molecule has 32 heavy (non-hydrogen) atoms. The molecule has 0 radical (unpaired) electrons. The van der Waals surface area contributed by atoms with Gasteiger partial charge in [-0.05, 0) is 63.1 Å². The number of fused-ring (bicyclic) bond motifs is 1. The van der Waals surface area contributed by atoms with E-state index in [9.17, 15) is 9.18 Å². The van der Waals surface area contributed by atoms with Gasteiger partial charge in [0, 0.05) is 48.7 Å². The SMILES string of the molecule is Cc1ccnc(-c2c(F)cccc2C(=O)N2CCC3CN(c4nc(C)cc(C)n4)C3C2)c1. The molecule has 164 valence electrons. The molecular weight excluding hydrogens is 405 g/mol. The Kier molecular flexibility index (Phi) is 5.12. The van der Waals surface area contributed by atoms with Crippen molar-refractivity contribution in [3.05, 3.63) is 70.9 Å². The van der Waals surface area contributed by atoms with Gasteiger partial charge < -0.3 is 9.80 Å². The first kappa shape index (κ1) is 20.5. The zero-order chi connectivity index (χ0) is 22.4. The third kappa shape index (κ3) is 3.61. The van der Waals surface area contributed by atoms with E-state index in [1.807, 2.05) is 43.9 Å². The molecule has 2 aromatic heterocycles. The number of nitrogens with zero attached hydrogens (tertiary/aromatic N) is 5. The fourth-order valence-electron chi connectivity index (χ4n) is 4.85. The molecular formula is C25H26FN5O. The number of likely N-dealkylation sites (tertiary alicyclic amines) is 1. The molecule has 3 aromatic rings. The van der Waals surface area contributed by atoms with Crippen molar-refractivity contribution in [1.82, 2.24) is 19.9 Å². The van der Waals surface area contributed by atoms with E-state index in [2.05, 4.69) is 19.9 Å². The Labute approximate surface area is 187 Å². The summed E-state index contributed by atoms with van der Waals surface area (Å²) in [6, 6.07) is 10.5. The summed E-state index contributed by atoms with van der Waals surface area (Å²) in [6.45, 7) is 8.02. The predicted octanol–water partition coefficient (Wildman–Crippen LogP) is 3.95. The Hall–Kier alpha value is -3.35. The highest BCUT2D eigenvalue weighted by molar-refractivity contribution is 6.00. The number of anilines is 1. The van der Waals surface area contributed by atoms with Crippen LogP contribution in [0.1, 0.15) is 33.7 Å². The summed E-state index contributed by atoms with van der Waals surface area (Å²) in [6.07, 6.45) is 2.57. The molecule has 0 spiro atoms. The van der Waals surface area contributed by atoms with Gasteiger partial charge in [-0.15, -0.1) is 0 Å². The topological polar surface area (TPSA) is 62.2 Å². The van der Waals surface area contributed by atoms with E-state index in [-0.39, 0.29) is 17.5 Å². The maximum absolute atomic E-state index is 14.9. The van der Waals surface area contributed by atoms with Crippen molar-refractivity contribution in [2.24, 2.45) is 5.92 Å². The first-order valence-corrected chi connectivity index (χ1v) is 11.0. The molecule has 4 heterocycles. The molecule has 2 aliphatic heterocycles. The van der Waals surface area contributed by atoms with E-state index < -0.39 is 5.82 Å². The lowest BCUT2D eigenvalue weighted by Crippen LogP contribution is -2.65. The minimum atomic E-state index is -0.433. The van der Waals surface area contributed by atoms with Crippen LogP contribution < -0.4 is 4.90 Å². The first-order chi connectivity index (χ1) is 15.4. The van der Waals surface area contributed by atoms with E-state index in [0.717, 1.165) is 35.9 Å². The van der Waals surface area contributed by atoms with E-state index in [0.29, 0.717) is 30.3 Å². The highest BCUT2D eigenvalue weighted by Crippen LogP contribution is 2.36. The molecule has 1 amide bonds. The number of carbonyl (C=O) groups excluding carboxylic acids is 1. The van der Waals surface area contributed by atoms with Crippen molar-refractivity contribution in [2.75, 3.05) is 24.5 Å². The molecule has 2 atom stereocenters. The molecule has 6 nitrogen and oxygen atoms in total. The zero-order valence-corrected chi connectivity index (χ0v) is 18.5. The van der Waals surface area contributed by atoms with Gasteiger partial charge in [0.25, 0.3) is 5.91 Å². The minimum Gasteiger partial charge on any atom is -0.337 e. The maximum atomic E-state index is 14.9. The zero-order valence-electron chi connectivity index (χ0n) is 18.5. The number of pyridine rings is 1. The number of carbonyl (C=O) groups is 1. The van der Waals surface area contributed by atoms with Gasteiger partial charge in [0.1, 0.15) is 5.82 Å². The van der Waals surface area contributed by atoms with Crippen molar-refractivity contribution < 1.29 is 9.18 Å². The normalized spacial score (nSPS) is 20.0. The molecule has 0 bridgehead atoms. The number of aryl methyl sites for hydroxylation is 3. The summed E-state index contributed by atoms with van der Waals surface area (Å²) in [5.74, 6) is 0.662. The van der Waals surface area contributed by atoms with E-state index >= 15 is 0 Å². The summed E-state index contributed by atoms with van der Waals surface area (Å²) in [7, 11) is 0. The van der Waals surface area contributed by atoms with Gasteiger partial charge in [0.2, 0.25) is 5.95 Å². The van der Waals surface area contributed by atoms with Crippen LogP contribution in [0.25, 0.3) is 11.3 Å². The fourth-order valence-corrected chi connectivity index (χ4v) is 4.85. The number of halogens is 1. The number of aromatic nitrogens is 3. The number of hydrogen-bond acceptors (Lipinski definition) is 5. The van der Waals surface area contributed by atoms with Gasteiger partial charge in [-0.1, -0.05) is 6.07 Å². The lowest BCUT2D eigenvalue weighted by atomic mass is 9.82. The van der Waals surface area contributed by atoms with Gasteiger partial charge >= 0.3 is 0 Å². The Balaban J connectivity index is 1.42. The van der Waals surface area contributed by atoms with Crippen LogP contribution in [0.3, 0.4) is 0 Å². The van der Waals surface area contributed by atoms with E-state index in [1.165, 1.54) is 6.07 Å². The number of benzene rings is 1. The lowest BCUT2D eigenvalue weighted by molar-refractivity contribution is 0.0589. The summed E-state index contributed by atoms with van der Waals surface area (Å²) < 4.78 is 14.9. The van der Waals surface area contributed by atoms with Crippen LogP contribution in [0.5, 0.6) is 0 Å². The van der Waals surface area contributed by atoms with Gasteiger partial charge in [0.05, 0.1) is 17.3 Å². The predicted molar refractivity (Wildman–Crippen MR) is 121 cm³/mol. The molecule has 2 fully saturated rings. The summed E-state index contributed by atoms with van der Waals surface area (Å²) >= 11 is 0. The number of hydrogen-bond donors (Lipinski definition) is 0. The Morgan fingerprint density at radius 2 is 1.84 bits per heavy atom. The highest BCUT2D eigenvalue weighted by atomic mass is 19.1. The second-order valence-corrected chi connectivity index (χ2v) is 8.85. The average molecular weight is 432 g/mol. The quantitative estimate of drug-likeness (QED) is 0.628. The molecule has 7 heteroatoms. The average Bonchev–Trinajstić information content (AvgIpc) is 2.73. The standard InChI is InChI=1S/C25H26FN5O/c1-15-7-9-27-21(11-15)23-19(5-4-6-20(23)26)24(32)30-10-8-18-13-31(22(18)14-30)25-28-16(2)12-17(3)29-25/h4-7,9,11-12,18,22H,8,10,13-14H2,1-3H3. The van der Waals surface area contributed by atoms with E-state index in [1.54, 1.807) is 18.3 Å². The lowest BCUT2D eigenvalue weighted by Gasteiger charge is -2.53. The van der Waals surface area contributed by atoms with Crippen LogP contribution in [-0.2, 0) is 0 Å². The van der Waals surface area contributed by atoms with Crippen LogP contribution in [0, 0.1) is 32.5 Å². The molecule has 2 unspecified atom stereocenters. The van der Waals surface area contributed by atoms with Crippen LogP contribution in [0.4, 0.5) is 10.3 Å². The van der Waals surface area contributed by atoms with Crippen LogP contribution >= 0.6 is 0 Å². The summed E-state index contributed by atoms with van der Waals surface area (Å²) in [5, 5.41) is 0. The molecule has 0 N–H and O–H groups in total. The van der Waals surface area contributed by atoms with Gasteiger partial charge in [-0.25, -0.2) is 14.4 Å². The van der Waals surface area contributed by atoms with Crippen LogP contribution in [0.15, 0.2) is 42.6 Å². The molecule has 2 aliphatic rings. The van der Waals surface area contributed by atoms with Crippen molar-refractivity contribution in [2.45, 2.75) is 33.2 Å². The van der Waals surface area contributed by atoms with Crippen molar-refractivity contribution in [1.29, 1.82) is 0 Å². The van der Waals surface area contributed by atoms with Gasteiger partial charge in [0.15, 0.2) is 0 Å². The molecule has 2 saturated heterocycles. The van der Waals surface area contributed by atoms with Crippen LogP contribution in [0.2, 0.25) is 0 Å². The summed E-state index contributed by atoms with van der Waals surface area (Å²) in [5.41, 5.74) is 3.96. The van der Waals surface area contributed by atoms with Gasteiger partial charge in [-0.2, -0.15) is 0 Å². The third-order valence-electron chi connectivity index (χ3n) is 6.48. The Morgan fingerprint density at radius 3 is 2.59 bits per heavy atom. The molecule has 5 rings (SSSR count). The number of rotatable bonds is 3. The fraction of sp³-hybridized carbons (Fsp3) is 0.360. The van der Waals surface area contributed by atoms with Crippen molar-refractivity contribution in [3.8, 4) is 11.3 Å². The maximum Gasteiger partial charge on any atom is 0.254 e. The summed E-state index contributed by atoms with van der Waals surface area (Å²) in [4.78, 5) is 31.1. The smallest absolute Gasteiger partial charge is 0.254 e. The molecule has 0 aliphatic carbocycles. The molecule has 0 saturated carbocycles. The molecule has 1 aromatic carbocycles. The third-order valence-corrected chi connectivity index (χ3v) is 6.48. The second kappa shape index (κ2) is 7.97. The Bertz CT molecular complexity index is 1180. The second-order valence-electron chi connectivity index (χ2n) is 8.85. The largest absolute Gasteiger partial charge is 0.337 e. The number of piperidine rings is 1. The minimum absolute atomic E-state index is 0.158. The Morgan fingerprint density at radius 1 is 1.06 bits per heavy atom. The van der Waals surface area contributed by atoms with Gasteiger partial charge in [-0.3, -0.25) is 9.78 Å². The van der Waals surface area contributed by atoms with Crippen molar-refractivity contribution in [3.63, 3.8) is 0 Å². The first-order valence-electron chi connectivity index (χ1n) is 11.0. The number of amides is 1. The monoisotopic (exact) mass is 431 g/mol. The van der Waals surface area contributed by atoms with E-state index in [4.69, 9.17) is 0 Å².